The minimum absolute atomic E-state index is 0.152. The summed E-state index contributed by atoms with van der Waals surface area (Å²) in [5, 5.41) is 7.44. The van der Waals surface area contributed by atoms with E-state index in [4.69, 9.17) is 4.42 Å². The van der Waals surface area contributed by atoms with Crippen molar-refractivity contribution >= 4 is 15.9 Å². The van der Waals surface area contributed by atoms with E-state index in [2.05, 4.69) is 26.1 Å². The number of halogens is 1. The highest BCUT2D eigenvalue weighted by Gasteiger charge is 2.06. The Balaban J connectivity index is 2.85. The highest BCUT2D eigenvalue weighted by molar-refractivity contribution is 9.09. The van der Waals surface area contributed by atoms with E-state index >= 15 is 0 Å². The van der Waals surface area contributed by atoms with Crippen molar-refractivity contribution in [3.8, 4) is 0 Å². The molecule has 0 aliphatic rings. The summed E-state index contributed by atoms with van der Waals surface area (Å²) in [6, 6.07) is 0. The number of alkyl halides is 1. The predicted octanol–water partition coefficient (Wildman–Crippen LogP) is 1.83. The number of aryl methyl sites for hydroxylation is 1. The van der Waals surface area contributed by atoms with E-state index in [1.54, 1.807) is 6.92 Å². The zero-order valence-electron chi connectivity index (χ0n) is 5.26. The molecule has 0 aromatic carbocycles. The van der Waals surface area contributed by atoms with Crippen LogP contribution in [-0.4, -0.2) is 10.2 Å². The van der Waals surface area contributed by atoms with Gasteiger partial charge in [-0.2, -0.15) is 0 Å². The van der Waals surface area contributed by atoms with Crippen molar-refractivity contribution in [2.75, 3.05) is 0 Å². The number of aromatic nitrogens is 2. The summed E-state index contributed by atoms with van der Waals surface area (Å²) in [4.78, 5) is 0.152. The Morgan fingerprint density at radius 2 is 2.22 bits per heavy atom. The highest BCUT2D eigenvalue weighted by atomic mass is 79.9. The normalized spacial score (nSPS) is 13.7. The fraction of sp³-hybridized carbons (Fsp3) is 0.600. The van der Waals surface area contributed by atoms with E-state index in [9.17, 15) is 0 Å². The van der Waals surface area contributed by atoms with Crippen LogP contribution in [0.25, 0.3) is 0 Å². The topological polar surface area (TPSA) is 38.9 Å². The van der Waals surface area contributed by atoms with Crippen LogP contribution >= 0.6 is 15.9 Å². The van der Waals surface area contributed by atoms with Gasteiger partial charge >= 0.3 is 0 Å². The molecule has 1 atom stereocenters. The summed E-state index contributed by atoms with van der Waals surface area (Å²) in [5.74, 6) is 1.24. The Morgan fingerprint density at radius 1 is 1.56 bits per heavy atom. The van der Waals surface area contributed by atoms with Gasteiger partial charge in [-0.1, -0.05) is 15.9 Å². The highest BCUT2D eigenvalue weighted by Crippen LogP contribution is 2.18. The van der Waals surface area contributed by atoms with Crippen LogP contribution in [0.3, 0.4) is 0 Å². The molecule has 0 saturated carbocycles. The van der Waals surface area contributed by atoms with E-state index < -0.39 is 0 Å². The molecule has 0 radical (unpaired) electrons. The quantitative estimate of drug-likeness (QED) is 0.635. The van der Waals surface area contributed by atoms with Gasteiger partial charge in [-0.25, -0.2) is 0 Å². The molecule has 9 heavy (non-hydrogen) atoms. The first-order valence-electron chi connectivity index (χ1n) is 2.64. The fourth-order valence-electron chi connectivity index (χ4n) is 0.473. The van der Waals surface area contributed by atoms with Gasteiger partial charge in [0.2, 0.25) is 11.8 Å². The SMILES string of the molecule is Cc1nnc([C@H](C)Br)o1. The maximum absolute atomic E-state index is 5.08. The van der Waals surface area contributed by atoms with Gasteiger partial charge in [0, 0.05) is 6.92 Å². The van der Waals surface area contributed by atoms with Crippen LogP contribution in [0.4, 0.5) is 0 Å². The van der Waals surface area contributed by atoms with E-state index in [1.165, 1.54) is 0 Å². The lowest BCUT2D eigenvalue weighted by Gasteiger charge is -1.90. The number of rotatable bonds is 1. The summed E-state index contributed by atoms with van der Waals surface area (Å²) >= 11 is 3.30. The smallest absolute Gasteiger partial charge is 0.229 e. The summed E-state index contributed by atoms with van der Waals surface area (Å²) in [7, 11) is 0. The molecule has 50 valence electrons. The van der Waals surface area contributed by atoms with Crippen LogP contribution in [0.5, 0.6) is 0 Å². The third-order valence-corrected chi connectivity index (χ3v) is 1.27. The van der Waals surface area contributed by atoms with Crippen molar-refractivity contribution in [2.24, 2.45) is 0 Å². The van der Waals surface area contributed by atoms with Gasteiger partial charge in [-0.15, -0.1) is 10.2 Å². The van der Waals surface area contributed by atoms with Gasteiger partial charge in [-0.05, 0) is 6.92 Å². The van der Waals surface area contributed by atoms with Crippen molar-refractivity contribution in [2.45, 2.75) is 18.7 Å². The molecule has 0 bridgehead atoms. The third-order valence-electron chi connectivity index (χ3n) is 0.882. The second kappa shape index (κ2) is 2.47. The van der Waals surface area contributed by atoms with E-state index in [-0.39, 0.29) is 4.83 Å². The van der Waals surface area contributed by atoms with Gasteiger partial charge in [0.25, 0.3) is 0 Å². The van der Waals surface area contributed by atoms with Crippen LogP contribution in [0.15, 0.2) is 4.42 Å². The van der Waals surface area contributed by atoms with Gasteiger partial charge in [0.05, 0.1) is 4.83 Å². The molecule has 1 heterocycles. The standard InChI is InChI=1S/C5H7BrN2O/c1-3(6)5-8-7-4(2)9-5/h3H,1-2H3/t3-/m0/s1. The first-order chi connectivity index (χ1) is 4.20. The molecule has 0 aliphatic heterocycles. The maximum Gasteiger partial charge on any atom is 0.229 e. The second-order valence-corrected chi connectivity index (χ2v) is 3.15. The Kier molecular flexibility index (Phi) is 1.85. The van der Waals surface area contributed by atoms with Gasteiger partial charge in [0.1, 0.15) is 0 Å². The molecular weight excluding hydrogens is 184 g/mol. The number of hydrogen-bond acceptors (Lipinski definition) is 3. The van der Waals surface area contributed by atoms with Crippen LogP contribution < -0.4 is 0 Å². The molecule has 0 amide bonds. The maximum atomic E-state index is 5.08. The van der Waals surface area contributed by atoms with Crippen LogP contribution in [0.2, 0.25) is 0 Å². The zero-order valence-corrected chi connectivity index (χ0v) is 6.84. The van der Waals surface area contributed by atoms with Crippen molar-refractivity contribution in [1.29, 1.82) is 0 Å². The van der Waals surface area contributed by atoms with E-state index in [0.29, 0.717) is 11.8 Å². The molecule has 0 fully saturated rings. The first-order valence-corrected chi connectivity index (χ1v) is 3.56. The van der Waals surface area contributed by atoms with E-state index in [1.807, 2.05) is 6.92 Å². The molecular formula is C5H7BrN2O. The van der Waals surface area contributed by atoms with Crippen molar-refractivity contribution in [1.82, 2.24) is 10.2 Å². The average molecular weight is 191 g/mol. The van der Waals surface area contributed by atoms with Crippen LogP contribution in [0, 0.1) is 6.92 Å². The lowest BCUT2D eigenvalue weighted by Crippen LogP contribution is -1.81. The Bertz CT molecular complexity index is 197. The summed E-state index contributed by atoms with van der Waals surface area (Å²) in [6.07, 6.45) is 0. The second-order valence-electron chi connectivity index (χ2n) is 1.78. The summed E-state index contributed by atoms with van der Waals surface area (Å²) in [5.41, 5.74) is 0. The van der Waals surface area contributed by atoms with Gasteiger partial charge in [0.15, 0.2) is 0 Å². The molecule has 4 heteroatoms. The predicted molar refractivity (Wildman–Crippen MR) is 36.4 cm³/mol. The van der Waals surface area contributed by atoms with Crippen molar-refractivity contribution in [3.05, 3.63) is 11.8 Å². The molecule has 1 rings (SSSR count). The Labute approximate surface area is 61.6 Å². The Hall–Kier alpha value is -0.380. The molecule has 1 aromatic rings. The number of hydrogen-bond donors (Lipinski definition) is 0. The number of nitrogens with zero attached hydrogens (tertiary/aromatic N) is 2. The first kappa shape index (κ1) is 6.74. The molecule has 0 unspecified atom stereocenters. The fourth-order valence-corrected chi connectivity index (χ4v) is 0.658. The molecule has 0 spiro atoms. The molecule has 3 nitrogen and oxygen atoms in total. The zero-order chi connectivity index (χ0) is 6.85. The minimum Gasteiger partial charge on any atom is -0.424 e. The van der Waals surface area contributed by atoms with Crippen LogP contribution in [-0.2, 0) is 0 Å². The van der Waals surface area contributed by atoms with Gasteiger partial charge in [-0.3, -0.25) is 0 Å². The third kappa shape index (κ3) is 1.51. The molecule has 0 saturated heterocycles. The largest absolute Gasteiger partial charge is 0.424 e. The molecule has 1 aromatic heterocycles. The summed E-state index contributed by atoms with van der Waals surface area (Å²) in [6.45, 7) is 3.71. The lowest BCUT2D eigenvalue weighted by molar-refractivity contribution is 0.472. The van der Waals surface area contributed by atoms with E-state index in [0.717, 1.165) is 0 Å². The lowest BCUT2D eigenvalue weighted by atomic mass is 10.5. The molecule has 0 aliphatic carbocycles. The van der Waals surface area contributed by atoms with Crippen molar-refractivity contribution < 1.29 is 4.42 Å². The summed E-state index contributed by atoms with van der Waals surface area (Å²) < 4.78 is 5.08. The average Bonchev–Trinajstić information content (AvgIpc) is 2.14. The minimum atomic E-state index is 0.152. The monoisotopic (exact) mass is 190 g/mol. The Morgan fingerprint density at radius 3 is 2.44 bits per heavy atom. The molecule has 0 N–H and O–H groups in total. The van der Waals surface area contributed by atoms with Gasteiger partial charge < -0.3 is 4.42 Å². The van der Waals surface area contributed by atoms with Crippen LogP contribution in [0.1, 0.15) is 23.5 Å². The van der Waals surface area contributed by atoms with Crippen molar-refractivity contribution in [3.63, 3.8) is 0 Å².